The van der Waals surface area contributed by atoms with Gasteiger partial charge in [-0.15, -0.1) is 10.2 Å². The summed E-state index contributed by atoms with van der Waals surface area (Å²) < 4.78 is 6.07. The van der Waals surface area contributed by atoms with Crippen LogP contribution in [0.1, 0.15) is 20.7 Å². The van der Waals surface area contributed by atoms with Crippen molar-refractivity contribution in [3.05, 3.63) is 96.4 Å². The predicted octanol–water partition coefficient (Wildman–Crippen LogP) is 4.98. The van der Waals surface area contributed by atoms with Crippen LogP contribution in [0.5, 0.6) is 5.75 Å². The summed E-state index contributed by atoms with van der Waals surface area (Å²) in [5, 5.41) is 27.7. The summed E-state index contributed by atoms with van der Waals surface area (Å²) in [4.78, 5) is 33.7. The zero-order valence-corrected chi connectivity index (χ0v) is 19.4. The van der Waals surface area contributed by atoms with Gasteiger partial charge in [0.15, 0.2) is 11.6 Å². The molecule has 0 aliphatic rings. The molecule has 0 aliphatic carbocycles. The number of methoxy groups -OCH3 is 1. The third kappa shape index (κ3) is 4.60. The van der Waals surface area contributed by atoms with Crippen LogP contribution >= 0.6 is 0 Å². The number of fused-ring (bicyclic) bond motifs is 1. The van der Waals surface area contributed by atoms with Crippen LogP contribution in [-0.2, 0) is 4.74 Å². The van der Waals surface area contributed by atoms with Gasteiger partial charge in [-0.2, -0.15) is 9.78 Å². The van der Waals surface area contributed by atoms with Crippen LogP contribution in [0.2, 0.25) is 0 Å². The Morgan fingerprint density at radius 2 is 1.68 bits per heavy atom. The second-order valence-corrected chi connectivity index (χ2v) is 7.70. The molecule has 37 heavy (non-hydrogen) atoms. The van der Waals surface area contributed by atoms with Crippen molar-refractivity contribution in [2.75, 3.05) is 12.4 Å². The third-order valence-electron chi connectivity index (χ3n) is 5.41. The van der Waals surface area contributed by atoms with Crippen molar-refractivity contribution in [3.63, 3.8) is 0 Å². The molecule has 0 aliphatic heterocycles. The molecule has 1 amide bonds. The molecular formula is C26H19N7O4. The topological polar surface area (TPSA) is 144 Å². The lowest BCUT2D eigenvalue weighted by molar-refractivity contribution is 0.0601. The van der Waals surface area contributed by atoms with Gasteiger partial charge in [0.05, 0.1) is 18.9 Å². The zero-order chi connectivity index (χ0) is 25.8. The first kappa shape index (κ1) is 23.3. The summed E-state index contributed by atoms with van der Waals surface area (Å²) in [7, 11) is 1.23. The fourth-order valence-corrected chi connectivity index (χ4v) is 3.65. The highest BCUT2D eigenvalue weighted by Crippen LogP contribution is 2.40. The number of rotatable bonds is 6. The molecule has 0 fully saturated rings. The van der Waals surface area contributed by atoms with Gasteiger partial charge in [0.1, 0.15) is 11.3 Å². The Labute approximate surface area is 210 Å². The van der Waals surface area contributed by atoms with Gasteiger partial charge in [-0.25, -0.2) is 14.8 Å². The highest BCUT2D eigenvalue weighted by molar-refractivity contribution is 6.11. The Morgan fingerprint density at radius 3 is 2.43 bits per heavy atom. The molecule has 2 aromatic heterocycles. The number of aromatic hydroxyl groups is 1. The second-order valence-electron chi connectivity index (χ2n) is 7.70. The SMILES string of the molecule is COC(=O)c1cnn(-c2ncccn2)c1/N=N/c1c(O)c(C(=O)Nc2ccccc2)cc2ccccc12. The number of phenolic OH excluding ortho intramolecular Hbond substituents is 1. The van der Waals surface area contributed by atoms with Crippen molar-refractivity contribution in [2.24, 2.45) is 10.2 Å². The van der Waals surface area contributed by atoms with Crippen LogP contribution in [0.4, 0.5) is 17.2 Å². The lowest BCUT2D eigenvalue weighted by atomic mass is 10.0. The Morgan fingerprint density at radius 1 is 0.946 bits per heavy atom. The number of hydrogen-bond acceptors (Lipinski definition) is 9. The monoisotopic (exact) mass is 493 g/mol. The molecule has 0 saturated heterocycles. The molecule has 0 atom stereocenters. The van der Waals surface area contributed by atoms with E-state index in [9.17, 15) is 14.7 Å². The van der Waals surface area contributed by atoms with Crippen molar-refractivity contribution in [3.8, 4) is 11.7 Å². The minimum absolute atomic E-state index is 0.00425. The van der Waals surface area contributed by atoms with Crippen LogP contribution in [0.15, 0.2) is 95.5 Å². The second kappa shape index (κ2) is 10.0. The molecule has 0 bridgehead atoms. The number of nitrogens with one attached hydrogen (secondary N) is 1. The number of nitrogens with zero attached hydrogens (tertiary/aromatic N) is 6. The van der Waals surface area contributed by atoms with E-state index in [-0.39, 0.29) is 34.3 Å². The molecule has 5 aromatic rings. The summed E-state index contributed by atoms with van der Waals surface area (Å²) in [5.74, 6) is -1.46. The number of anilines is 1. The molecule has 3 aromatic carbocycles. The fourth-order valence-electron chi connectivity index (χ4n) is 3.65. The summed E-state index contributed by atoms with van der Waals surface area (Å²) >= 11 is 0. The normalized spacial score (nSPS) is 11.1. The van der Waals surface area contributed by atoms with Crippen LogP contribution in [-0.4, -0.2) is 43.8 Å². The molecule has 5 rings (SSSR count). The maximum Gasteiger partial charge on any atom is 0.343 e. The lowest BCUT2D eigenvalue weighted by Gasteiger charge is -2.11. The largest absolute Gasteiger partial charge is 0.505 e. The molecule has 182 valence electrons. The minimum atomic E-state index is -0.693. The predicted molar refractivity (Wildman–Crippen MR) is 135 cm³/mol. The molecule has 0 unspecified atom stereocenters. The maximum absolute atomic E-state index is 13.0. The number of benzene rings is 3. The number of carbonyl (C=O) groups excluding carboxylic acids is 2. The van der Waals surface area contributed by atoms with Gasteiger partial charge >= 0.3 is 5.97 Å². The number of ether oxygens (including phenoxy) is 1. The number of phenols is 1. The fraction of sp³-hybridized carbons (Fsp3) is 0.0385. The van der Waals surface area contributed by atoms with Gasteiger partial charge in [-0.3, -0.25) is 4.79 Å². The maximum atomic E-state index is 13.0. The smallest absolute Gasteiger partial charge is 0.343 e. The molecule has 2 N–H and O–H groups in total. The first-order valence-electron chi connectivity index (χ1n) is 11.0. The Balaban J connectivity index is 1.63. The number of amides is 1. The number of hydrogen-bond donors (Lipinski definition) is 2. The standard InChI is InChI=1S/C26H19N7O4/c1-37-25(36)20-15-29-33(26-27-12-7-13-28-26)23(20)32-31-21-18-11-6-5-8-16(18)14-19(22(21)34)24(35)30-17-9-3-2-4-10-17/h2-15,34H,1H3,(H,30,35)/b32-31+. The van der Waals surface area contributed by atoms with Gasteiger partial charge in [0.25, 0.3) is 11.9 Å². The molecule has 11 heteroatoms. The van der Waals surface area contributed by atoms with E-state index in [0.717, 1.165) is 0 Å². The van der Waals surface area contributed by atoms with Crippen molar-refractivity contribution < 1.29 is 19.4 Å². The van der Waals surface area contributed by atoms with Gasteiger partial charge < -0.3 is 15.2 Å². The number of aromatic nitrogens is 4. The molecule has 0 radical (unpaired) electrons. The van der Waals surface area contributed by atoms with E-state index in [1.807, 2.05) is 6.07 Å². The van der Waals surface area contributed by atoms with Crippen molar-refractivity contribution in [1.29, 1.82) is 0 Å². The Bertz CT molecular complexity index is 1630. The Kier molecular flexibility index (Phi) is 6.32. The number of esters is 1. The number of para-hydroxylation sites is 1. The number of carbonyl (C=O) groups is 2. The average Bonchev–Trinajstić information content (AvgIpc) is 3.36. The summed E-state index contributed by atoms with van der Waals surface area (Å²) in [5.41, 5.74) is 0.622. The first-order valence-corrected chi connectivity index (χ1v) is 11.0. The van der Waals surface area contributed by atoms with Crippen LogP contribution in [0.25, 0.3) is 16.7 Å². The van der Waals surface area contributed by atoms with E-state index >= 15 is 0 Å². The molecule has 0 saturated carbocycles. The highest BCUT2D eigenvalue weighted by Gasteiger charge is 2.22. The van der Waals surface area contributed by atoms with Crippen LogP contribution < -0.4 is 5.32 Å². The van der Waals surface area contributed by atoms with Gasteiger partial charge in [0, 0.05) is 23.5 Å². The van der Waals surface area contributed by atoms with E-state index in [4.69, 9.17) is 4.74 Å². The van der Waals surface area contributed by atoms with Gasteiger partial charge in [-0.05, 0) is 29.7 Å². The first-order chi connectivity index (χ1) is 18.1. The summed E-state index contributed by atoms with van der Waals surface area (Å²) in [6, 6.07) is 19.2. The van der Waals surface area contributed by atoms with E-state index in [2.05, 4.69) is 30.6 Å². The van der Waals surface area contributed by atoms with E-state index < -0.39 is 11.9 Å². The van der Waals surface area contributed by atoms with E-state index in [1.165, 1.54) is 30.4 Å². The summed E-state index contributed by atoms with van der Waals surface area (Å²) in [6.45, 7) is 0. The molecular weight excluding hydrogens is 474 g/mol. The van der Waals surface area contributed by atoms with Crippen molar-refractivity contribution in [2.45, 2.75) is 0 Å². The summed E-state index contributed by atoms with van der Waals surface area (Å²) in [6.07, 6.45) is 4.28. The van der Waals surface area contributed by atoms with Gasteiger partial charge in [0.2, 0.25) is 0 Å². The third-order valence-corrected chi connectivity index (χ3v) is 5.41. The quantitative estimate of drug-likeness (QED) is 0.251. The molecule has 0 spiro atoms. The van der Waals surface area contributed by atoms with Crippen LogP contribution in [0, 0.1) is 0 Å². The highest BCUT2D eigenvalue weighted by atomic mass is 16.5. The van der Waals surface area contributed by atoms with Crippen LogP contribution in [0.3, 0.4) is 0 Å². The molecule has 11 nitrogen and oxygen atoms in total. The molecule has 2 heterocycles. The van der Waals surface area contributed by atoms with E-state index in [0.29, 0.717) is 16.5 Å². The lowest BCUT2D eigenvalue weighted by Crippen LogP contribution is -2.12. The zero-order valence-electron chi connectivity index (χ0n) is 19.4. The average molecular weight is 493 g/mol. The minimum Gasteiger partial charge on any atom is -0.505 e. The van der Waals surface area contributed by atoms with Crippen molar-refractivity contribution in [1.82, 2.24) is 19.7 Å². The Hall–Kier alpha value is -5.45. The van der Waals surface area contributed by atoms with Crippen molar-refractivity contribution >= 4 is 39.8 Å². The van der Waals surface area contributed by atoms with E-state index in [1.54, 1.807) is 60.7 Å². The number of azo groups is 1. The van der Waals surface area contributed by atoms with Gasteiger partial charge in [-0.1, -0.05) is 42.5 Å².